The number of nitrogens with one attached hydrogen (secondary N) is 2. The van der Waals surface area contributed by atoms with Crippen LogP contribution >= 0.6 is 0 Å². The van der Waals surface area contributed by atoms with Gasteiger partial charge in [-0.3, -0.25) is 19.8 Å². The molecule has 0 aliphatic heterocycles. The van der Waals surface area contributed by atoms with E-state index >= 15 is 0 Å². The number of hydrogen-bond donors (Lipinski definition) is 2. The molecule has 0 bridgehead atoms. The summed E-state index contributed by atoms with van der Waals surface area (Å²) in [5.41, 5.74) is 4.07. The van der Waals surface area contributed by atoms with Crippen LogP contribution in [0.25, 0.3) is 11.4 Å². The van der Waals surface area contributed by atoms with Gasteiger partial charge in [-0.1, -0.05) is 56.3 Å². The first-order valence-electron chi connectivity index (χ1n) is 13.9. The summed E-state index contributed by atoms with van der Waals surface area (Å²) in [4.78, 5) is 28.2. The molecule has 0 fully saturated rings. The van der Waals surface area contributed by atoms with Crippen molar-refractivity contribution >= 4 is 0 Å². The van der Waals surface area contributed by atoms with Crippen molar-refractivity contribution in [2.75, 3.05) is 13.2 Å². The maximum Gasteiger partial charge on any atom is 0.275 e. The van der Waals surface area contributed by atoms with Gasteiger partial charge in [-0.05, 0) is 68.7 Å². The number of aromatic amines is 2. The second-order valence-electron chi connectivity index (χ2n) is 10.5. The van der Waals surface area contributed by atoms with Crippen LogP contribution in [0.5, 0.6) is 11.5 Å². The molecular formula is C33H36N4O4. The monoisotopic (exact) mass is 552 g/mol. The average Bonchev–Trinajstić information content (AvgIpc) is 3.44. The highest BCUT2D eigenvalue weighted by Gasteiger charge is 2.31. The zero-order valence-corrected chi connectivity index (χ0v) is 24.1. The molecule has 0 spiro atoms. The summed E-state index contributed by atoms with van der Waals surface area (Å²) < 4.78 is 15.1. The van der Waals surface area contributed by atoms with E-state index in [2.05, 4.69) is 24.0 Å². The standard InChI is InChI=1S/C33H36N4O4/c1-6-40-28-19-24(17-18-27(28)41-20-21(2)3)31(29-22(4)34-36(32(29)38)25-13-9-7-10-14-25)30-23(5)35-37(33(30)39)26-15-11-8-12-16-26/h7-19,21,31,34-35H,6,20H2,1-5H3. The lowest BCUT2D eigenvalue weighted by molar-refractivity contribution is 0.248. The van der Waals surface area contributed by atoms with Gasteiger partial charge in [0.05, 0.1) is 35.7 Å². The molecule has 0 amide bonds. The van der Waals surface area contributed by atoms with Crippen molar-refractivity contribution in [3.63, 3.8) is 0 Å². The van der Waals surface area contributed by atoms with Gasteiger partial charge in [0.2, 0.25) is 0 Å². The molecule has 2 heterocycles. The Morgan fingerprint density at radius 1 is 0.707 bits per heavy atom. The maximum absolute atomic E-state index is 14.1. The number of H-pyrrole nitrogens is 2. The fourth-order valence-electron chi connectivity index (χ4n) is 5.14. The van der Waals surface area contributed by atoms with Crippen molar-refractivity contribution in [2.45, 2.75) is 40.5 Å². The van der Waals surface area contributed by atoms with E-state index in [0.717, 1.165) is 5.56 Å². The van der Waals surface area contributed by atoms with Gasteiger partial charge < -0.3 is 9.47 Å². The fourth-order valence-corrected chi connectivity index (χ4v) is 5.14. The Labute approximate surface area is 239 Å². The molecule has 5 rings (SSSR count). The zero-order valence-electron chi connectivity index (χ0n) is 24.1. The van der Waals surface area contributed by atoms with Gasteiger partial charge >= 0.3 is 0 Å². The molecule has 8 nitrogen and oxygen atoms in total. The molecule has 2 N–H and O–H groups in total. The Morgan fingerprint density at radius 3 is 1.68 bits per heavy atom. The smallest absolute Gasteiger partial charge is 0.275 e. The van der Waals surface area contributed by atoms with Crippen LogP contribution in [0.3, 0.4) is 0 Å². The van der Waals surface area contributed by atoms with Crippen molar-refractivity contribution in [1.82, 2.24) is 19.6 Å². The van der Waals surface area contributed by atoms with Crippen LogP contribution in [0.4, 0.5) is 0 Å². The Morgan fingerprint density at radius 2 is 1.22 bits per heavy atom. The normalized spacial score (nSPS) is 11.4. The van der Waals surface area contributed by atoms with E-state index in [1.54, 1.807) is 0 Å². The largest absolute Gasteiger partial charge is 0.490 e. The number of rotatable bonds is 10. The minimum Gasteiger partial charge on any atom is -0.490 e. The van der Waals surface area contributed by atoms with Gasteiger partial charge in [0.15, 0.2) is 11.5 Å². The molecule has 0 aliphatic carbocycles. The summed E-state index contributed by atoms with van der Waals surface area (Å²) in [7, 11) is 0. The molecule has 3 aromatic carbocycles. The van der Waals surface area contributed by atoms with Crippen LogP contribution in [-0.2, 0) is 0 Å². The molecule has 5 aromatic rings. The van der Waals surface area contributed by atoms with E-state index in [9.17, 15) is 9.59 Å². The lowest BCUT2D eigenvalue weighted by Gasteiger charge is -2.19. The molecule has 8 heteroatoms. The highest BCUT2D eigenvalue weighted by molar-refractivity contribution is 5.52. The Balaban J connectivity index is 1.74. The van der Waals surface area contributed by atoms with Crippen LogP contribution in [0.1, 0.15) is 54.8 Å². The molecule has 0 unspecified atom stereocenters. The Bertz CT molecular complexity index is 1650. The first-order chi connectivity index (χ1) is 19.8. The zero-order chi connectivity index (χ0) is 29.1. The average molecular weight is 553 g/mol. The lowest BCUT2D eigenvalue weighted by atomic mass is 9.85. The van der Waals surface area contributed by atoms with Crippen molar-refractivity contribution in [1.29, 1.82) is 0 Å². The minimum absolute atomic E-state index is 0.219. The maximum atomic E-state index is 14.1. The predicted molar refractivity (Wildman–Crippen MR) is 161 cm³/mol. The fraction of sp³-hybridized carbons (Fsp3) is 0.273. The lowest BCUT2D eigenvalue weighted by Crippen LogP contribution is -2.25. The van der Waals surface area contributed by atoms with E-state index < -0.39 is 5.92 Å². The highest BCUT2D eigenvalue weighted by atomic mass is 16.5. The number of para-hydroxylation sites is 2. The first kappa shape index (κ1) is 27.8. The number of nitrogens with zero attached hydrogens (tertiary/aromatic N) is 2. The van der Waals surface area contributed by atoms with Crippen molar-refractivity contribution in [3.8, 4) is 22.9 Å². The van der Waals surface area contributed by atoms with E-state index in [1.165, 1.54) is 9.36 Å². The molecule has 0 aliphatic rings. The molecule has 41 heavy (non-hydrogen) atoms. The quantitative estimate of drug-likeness (QED) is 0.226. The van der Waals surface area contributed by atoms with Crippen LogP contribution < -0.4 is 20.6 Å². The summed E-state index contributed by atoms with van der Waals surface area (Å²) in [6, 6.07) is 24.5. The molecule has 0 saturated carbocycles. The van der Waals surface area contributed by atoms with Crippen LogP contribution in [0, 0.1) is 19.8 Å². The number of aromatic nitrogens is 4. The summed E-state index contributed by atoms with van der Waals surface area (Å²) in [6.07, 6.45) is 0. The predicted octanol–water partition coefficient (Wildman–Crippen LogP) is 5.88. The van der Waals surface area contributed by atoms with E-state index in [0.29, 0.717) is 64.5 Å². The third-order valence-electron chi connectivity index (χ3n) is 7.01. The molecule has 0 radical (unpaired) electrons. The van der Waals surface area contributed by atoms with E-state index in [1.807, 2.05) is 99.6 Å². The van der Waals surface area contributed by atoms with E-state index in [4.69, 9.17) is 9.47 Å². The van der Waals surface area contributed by atoms with Gasteiger partial charge in [-0.25, -0.2) is 9.36 Å². The molecule has 2 aromatic heterocycles. The van der Waals surface area contributed by atoms with Crippen molar-refractivity contribution in [2.24, 2.45) is 5.92 Å². The van der Waals surface area contributed by atoms with Gasteiger partial charge in [0.25, 0.3) is 11.1 Å². The molecule has 0 saturated heterocycles. The second kappa shape index (κ2) is 11.8. The first-order valence-corrected chi connectivity index (χ1v) is 13.9. The van der Waals surface area contributed by atoms with Crippen molar-refractivity contribution < 1.29 is 9.47 Å². The molecule has 0 atom stereocenters. The Hall–Kier alpha value is -4.72. The number of ether oxygens (including phenoxy) is 2. The van der Waals surface area contributed by atoms with E-state index in [-0.39, 0.29) is 11.1 Å². The minimum atomic E-state index is -0.671. The summed E-state index contributed by atoms with van der Waals surface area (Å²) >= 11 is 0. The topological polar surface area (TPSA) is 94.0 Å². The second-order valence-corrected chi connectivity index (χ2v) is 10.5. The van der Waals surface area contributed by atoms with Gasteiger partial charge in [0, 0.05) is 17.3 Å². The SMILES string of the molecule is CCOc1cc(C(c2c(C)[nH]n(-c3ccccc3)c2=O)c2c(C)[nH]n(-c3ccccc3)c2=O)ccc1OCC(C)C. The molecule has 212 valence electrons. The van der Waals surface area contributed by atoms with Gasteiger partial charge in [-0.2, -0.15) is 0 Å². The summed E-state index contributed by atoms with van der Waals surface area (Å²) in [5, 5.41) is 6.48. The summed E-state index contributed by atoms with van der Waals surface area (Å²) in [5.74, 6) is 0.873. The van der Waals surface area contributed by atoms with Gasteiger partial charge in [0.1, 0.15) is 0 Å². The highest BCUT2D eigenvalue weighted by Crippen LogP contribution is 2.37. The van der Waals surface area contributed by atoms with Crippen LogP contribution in [-0.4, -0.2) is 32.8 Å². The number of hydrogen-bond acceptors (Lipinski definition) is 4. The third-order valence-corrected chi connectivity index (χ3v) is 7.01. The Kier molecular flexibility index (Phi) is 8.01. The summed E-state index contributed by atoms with van der Waals surface area (Å²) in [6.45, 7) is 10.8. The van der Waals surface area contributed by atoms with Crippen LogP contribution in [0.2, 0.25) is 0 Å². The number of benzene rings is 3. The van der Waals surface area contributed by atoms with Crippen molar-refractivity contribution in [3.05, 3.63) is 128 Å². The van der Waals surface area contributed by atoms with Gasteiger partial charge in [-0.15, -0.1) is 0 Å². The number of aryl methyl sites for hydroxylation is 2. The third kappa shape index (κ3) is 5.50. The molecular weight excluding hydrogens is 516 g/mol. The van der Waals surface area contributed by atoms with Crippen LogP contribution in [0.15, 0.2) is 88.5 Å².